The topological polar surface area (TPSA) is 91.3 Å². The van der Waals surface area contributed by atoms with E-state index in [1.165, 1.54) is 0 Å². The summed E-state index contributed by atoms with van der Waals surface area (Å²) in [5.74, 6) is -0.646. The molecule has 2 heterocycles. The second kappa shape index (κ2) is 5.98. The minimum Gasteiger partial charge on any atom is -0.465 e. The average Bonchev–Trinajstić information content (AvgIpc) is 3.09. The van der Waals surface area contributed by atoms with E-state index in [0.717, 1.165) is 0 Å². The summed E-state index contributed by atoms with van der Waals surface area (Å²) < 4.78 is 21.1. The maximum absolute atomic E-state index is 11.9. The van der Waals surface area contributed by atoms with E-state index in [2.05, 4.69) is 0 Å². The predicted molar refractivity (Wildman–Crippen MR) is 81.3 cm³/mol. The van der Waals surface area contributed by atoms with Gasteiger partial charge < -0.3 is 24.1 Å². The molecule has 0 spiro atoms. The molecule has 2 aliphatic rings. The number of fused-ring (bicyclic) bond motifs is 1. The highest BCUT2D eigenvalue weighted by Gasteiger charge is 2.46. The molecule has 1 aromatic rings. The third-order valence-electron chi connectivity index (χ3n) is 4.02. The fourth-order valence-corrected chi connectivity index (χ4v) is 2.59. The average molecular weight is 336 g/mol. The van der Waals surface area contributed by atoms with Gasteiger partial charge in [-0.2, -0.15) is 0 Å². The van der Waals surface area contributed by atoms with E-state index < -0.39 is 35.5 Å². The van der Waals surface area contributed by atoms with Crippen LogP contribution in [0.15, 0.2) is 18.2 Å². The number of benzene rings is 1. The van der Waals surface area contributed by atoms with Gasteiger partial charge in [0.1, 0.15) is 12.7 Å². The lowest BCUT2D eigenvalue weighted by molar-refractivity contribution is -0.155. The quantitative estimate of drug-likeness (QED) is 0.838. The van der Waals surface area contributed by atoms with E-state index in [4.69, 9.17) is 18.9 Å². The maximum Gasteiger partial charge on any atom is 0.336 e. The van der Waals surface area contributed by atoms with Crippen LogP contribution >= 0.6 is 0 Å². The largest absolute Gasteiger partial charge is 0.465 e. The summed E-state index contributed by atoms with van der Waals surface area (Å²) in [6, 6.07) is 5.16. The van der Waals surface area contributed by atoms with Gasteiger partial charge in [-0.1, -0.05) is 6.07 Å². The number of carbonyl (C=O) groups is 2. The highest BCUT2D eigenvalue weighted by Crippen LogP contribution is 2.41. The van der Waals surface area contributed by atoms with Crippen molar-refractivity contribution in [3.8, 4) is 11.5 Å². The molecule has 7 heteroatoms. The molecule has 0 aliphatic carbocycles. The zero-order chi connectivity index (χ0) is 17.5. The van der Waals surface area contributed by atoms with E-state index in [1.54, 1.807) is 39.0 Å². The molecule has 130 valence electrons. The maximum atomic E-state index is 11.9. The highest BCUT2D eigenvalue weighted by molar-refractivity contribution is 5.78. The fourth-order valence-electron chi connectivity index (χ4n) is 2.59. The Morgan fingerprint density at radius 2 is 2.00 bits per heavy atom. The first kappa shape index (κ1) is 16.6. The predicted octanol–water partition coefficient (Wildman–Crippen LogP) is 1.58. The van der Waals surface area contributed by atoms with Crippen LogP contribution in [0.2, 0.25) is 0 Å². The summed E-state index contributed by atoms with van der Waals surface area (Å²) in [4.78, 5) is 23.7. The summed E-state index contributed by atoms with van der Waals surface area (Å²) >= 11 is 0. The van der Waals surface area contributed by atoms with Crippen LogP contribution in [-0.4, -0.2) is 36.5 Å². The molecule has 2 aliphatic heterocycles. The number of cyclic esters (lactones) is 1. The van der Waals surface area contributed by atoms with Crippen molar-refractivity contribution < 1.29 is 33.6 Å². The Kier molecular flexibility index (Phi) is 4.13. The first-order valence-corrected chi connectivity index (χ1v) is 7.72. The van der Waals surface area contributed by atoms with Gasteiger partial charge in [-0.3, -0.25) is 4.79 Å². The zero-order valence-electron chi connectivity index (χ0n) is 13.8. The van der Waals surface area contributed by atoms with E-state index in [9.17, 15) is 14.7 Å². The molecule has 0 radical (unpaired) electrons. The molecular weight excluding hydrogens is 316 g/mol. The third-order valence-corrected chi connectivity index (χ3v) is 4.02. The van der Waals surface area contributed by atoms with Crippen molar-refractivity contribution in [1.82, 2.24) is 0 Å². The molecule has 24 heavy (non-hydrogen) atoms. The molecule has 3 atom stereocenters. The van der Waals surface area contributed by atoms with Gasteiger partial charge in [0.2, 0.25) is 6.79 Å². The van der Waals surface area contributed by atoms with Crippen molar-refractivity contribution in [2.24, 2.45) is 11.3 Å². The lowest BCUT2D eigenvalue weighted by atomic mass is 9.93. The Bertz CT molecular complexity index is 661. The molecule has 0 aromatic heterocycles. The van der Waals surface area contributed by atoms with Gasteiger partial charge in [-0.05, 0) is 38.5 Å². The molecule has 7 nitrogen and oxygen atoms in total. The first-order chi connectivity index (χ1) is 11.3. The van der Waals surface area contributed by atoms with Crippen molar-refractivity contribution in [3.05, 3.63) is 23.8 Å². The number of aliphatic hydroxyl groups excluding tert-OH is 1. The van der Waals surface area contributed by atoms with Crippen LogP contribution in [0, 0.1) is 11.3 Å². The zero-order valence-corrected chi connectivity index (χ0v) is 13.8. The van der Waals surface area contributed by atoms with E-state index in [0.29, 0.717) is 17.1 Å². The number of hydrogen-bond donors (Lipinski definition) is 1. The van der Waals surface area contributed by atoms with E-state index in [-0.39, 0.29) is 13.4 Å². The summed E-state index contributed by atoms with van der Waals surface area (Å²) in [7, 11) is 0. The molecule has 3 rings (SSSR count). The SMILES string of the molecule is CC(C)(C)C(=O)OC[C@H]1[C@H](O)C(=O)O[C@H]1c1ccc2c(c1)OCO2. The minimum atomic E-state index is -1.34. The van der Waals surface area contributed by atoms with Gasteiger partial charge in [0.05, 0.1) is 11.3 Å². The van der Waals surface area contributed by atoms with Gasteiger partial charge in [0, 0.05) is 0 Å². The molecule has 0 unspecified atom stereocenters. The van der Waals surface area contributed by atoms with E-state index in [1.807, 2.05) is 0 Å². The Morgan fingerprint density at radius 1 is 1.29 bits per heavy atom. The molecule has 1 fully saturated rings. The molecule has 1 saturated heterocycles. The van der Waals surface area contributed by atoms with Crippen LogP contribution in [0.5, 0.6) is 11.5 Å². The van der Waals surface area contributed by atoms with Gasteiger partial charge in [-0.15, -0.1) is 0 Å². The fraction of sp³-hybridized carbons (Fsp3) is 0.529. The number of carbonyl (C=O) groups excluding carboxylic acids is 2. The summed E-state index contributed by atoms with van der Waals surface area (Å²) in [6.45, 7) is 5.23. The van der Waals surface area contributed by atoms with Gasteiger partial charge in [0.25, 0.3) is 0 Å². The Morgan fingerprint density at radius 3 is 2.71 bits per heavy atom. The van der Waals surface area contributed by atoms with Crippen molar-refractivity contribution in [2.75, 3.05) is 13.4 Å². The van der Waals surface area contributed by atoms with Crippen molar-refractivity contribution in [1.29, 1.82) is 0 Å². The van der Waals surface area contributed by atoms with Gasteiger partial charge in [0.15, 0.2) is 17.6 Å². The van der Waals surface area contributed by atoms with Crippen LogP contribution in [0.3, 0.4) is 0 Å². The second-order valence-corrected chi connectivity index (χ2v) is 6.93. The standard InChI is InChI=1S/C17H20O7/c1-17(2,3)16(20)21-7-10-13(18)15(19)24-14(10)9-4-5-11-12(6-9)23-8-22-11/h4-6,10,13-14,18H,7-8H2,1-3H3/t10-,13-,14-/m0/s1. The third kappa shape index (κ3) is 3.03. The number of hydrogen-bond acceptors (Lipinski definition) is 7. The smallest absolute Gasteiger partial charge is 0.336 e. The van der Waals surface area contributed by atoms with Crippen molar-refractivity contribution in [2.45, 2.75) is 33.0 Å². The normalized spacial score (nSPS) is 25.5. The van der Waals surface area contributed by atoms with Crippen LogP contribution in [0.25, 0.3) is 0 Å². The lowest BCUT2D eigenvalue weighted by Gasteiger charge is -2.22. The Hall–Kier alpha value is -2.28. The van der Waals surface area contributed by atoms with Crippen LogP contribution in [0.1, 0.15) is 32.4 Å². The number of ether oxygens (including phenoxy) is 4. The second-order valence-electron chi connectivity index (χ2n) is 6.93. The minimum absolute atomic E-state index is 0.109. The monoisotopic (exact) mass is 336 g/mol. The molecule has 0 amide bonds. The molecule has 1 N–H and O–H groups in total. The Balaban J connectivity index is 1.78. The number of esters is 2. The number of rotatable bonds is 3. The van der Waals surface area contributed by atoms with Crippen molar-refractivity contribution >= 4 is 11.9 Å². The van der Waals surface area contributed by atoms with E-state index >= 15 is 0 Å². The van der Waals surface area contributed by atoms with Crippen LogP contribution in [0.4, 0.5) is 0 Å². The van der Waals surface area contributed by atoms with Crippen LogP contribution < -0.4 is 9.47 Å². The summed E-state index contributed by atoms with van der Waals surface area (Å²) in [5.41, 5.74) is -0.0104. The van der Waals surface area contributed by atoms with Crippen molar-refractivity contribution in [3.63, 3.8) is 0 Å². The Labute approximate surface area is 139 Å². The van der Waals surface area contributed by atoms with Gasteiger partial charge >= 0.3 is 11.9 Å². The summed E-state index contributed by atoms with van der Waals surface area (Å²) in [5, 5.41) is 10.1. The van der Waals surface area contributed by atoms with Gasteiger partial charge in [-0.25, -0.2) is 4.79 Å². The molecule has 0 bridgehead atoms. The first-order valence-electron chi connectivity index (χ1n) is 7.72. The molecule has 1 aromatic carbocycles. The molecular formula is C17H20O7. The lowest BCUT2D eigenvalue weighted by Crippen LogP contribution is -2.31. The molecule has 0 saturated carbocycles. The number of aliphatic hydroxyl groups is 1. The summed E-state index contributed by atoms with van der Waals surface area (Å²) in [6.07, 6.45) is -2.05. The van der Waals surface area contributed by atoms with Crippen LogP contribution in [-0.2, 0) is 19.1 Å². The highest BCUT2D eigenvalue weighted by atomic mass is 16.7.